The molecule has 5 aromatic rings. The molecule has 304 valence electrons. The Bertz CT molecular complexity index is 2230. The lowest BCUT2D eigenvalue weighted by Crippen LogP contribution is -2.54. The molecule has 0 saturated carbocycles. The van der Waals surface area contributed by atoms with Gasteiger partial charge in [-0.1, -0.05) is 48.5 Å². The molecule has 2 unspecified atom stereocenters. The van der Waals surface area contributed by atoms with Crippen LogP contribution in [0.1, 0.15) is 62.0 Å². The second-order valence-corrected chi connectivity index (χ2v) is 14.6. The van der Waals surface area contributed by atoms with Crippen molar-refractivity contribution in [1.29, 1.82) is 0 Å². The predicted octanol–water partition coefficient (Wildman–Crippen LogP) is 4.66. The fourth-order valence-electron chi connectivity index (χ4n) is 7.77. The highest BCUT2D eigenvalue weighted by atomic mass is 16.6. The van der Waals surface area contributed by atoms with Crippen LogP contribution in [0.2, 0.25) is 0 Å². The largest absolute Gasteiger partial charge is 0.453 e. The van der Waals surface area contributed by atoms with Gasteiger partial charge in [0, 0.05) is 39.9 Å². The van der Waals surface area contributed by atoms with E-state index in [1.54, 1.807) is 46.2 Å². The van der Waals surface area contributed by atoms with E-state index in [0.29, 0.717) is 36.9 Å². The van der Waals surface area contributed by atoms with Gasteiger partial charge in [0.05, 0.1) is 61.1 Å². The summed E-state index contributed by atoms with van der Waals surface area (Å²) in [5.41, 5.74) is 11.5. The number of nitrogens with one attached hydrogen (secondary N) is 3. The van der Waals surface area contributed by atoms with Crippen molar-refractivity contribution in [3.05, 3.63) is 90.8 Å². The van der Waals surface area contributed by atoms with E-state index < -0.39 is 30.4 Å². The van der Waals surface area contributed by atoms with E-state index in [1.807, 2.05) is 43.4 Å². The SMILES string of the molecule is COC(=O)NC(C(=O)N1CCCC1c1ncc(-c2ccc(-c3ccc(-c4cnc([C@@H]5CCCN5C(=O)[C@H](Cc5cn(C)cn5)OC(N)=O)[nH]4)cc3)cc2)[nH]1)[C@@H](C)OC. The van der Waals surface area contributed by atoms with Gasteiger partial charge in [0.2, 0.25) is 5.91 Å². The molecule has 2 fully saturated rings. The molecule has 58 heavy (non-hydrogen) atoms. The summed E-state index contributed by atoms with van der Waals surface area (Å²) in [6.07, 6.45) is 6.72. The van der Waals surface area contributed by atoms with Gasteiger partial charge < -0.3 is 49.6 Å². The second kappa shape index (κ2) is 17.3. The molecule has 0 bridgehead atoms. The number of aromatic nitrogens is 6. The van der Waals surface area contributed by atoms with Crippen molar-refractivity contribution in [3.63, 3.8) is 0 Å². The van der Waals surface area contributed by atoms with Gasteiger partial charge in [0.15, 0.2) is 6.10 Å². The topological polar surface area (TPSA) is 216 Å². The molecule has 2 aliphatic heterocycles. The lowest BCUT2D eigenvalue weighted by Gasteiger charge is -2.30. The average Bonchev–Trinajstić information content (AvgIpc) is 4.09. The van der Waals surface area contributed by atoms with Gasteiger partial charge in [-0.05, 0) is 54.9 Å². The highest BCUT2D eigenvalue weighted by Crippen LogP contribution is 2.35. The number of benzene rings is 2. The molecule has 17 heteroatoms. The first-order chi connectivity index (χ1) is 28.0. The number of primary amides is 1. The number of hydrogen-bond acceptors (Lipinski definition) is 10. The van der Waals surface area contributed by atoms with Gasteiger partial charge in [-0.15, -0.1) is 0 Å². The monoisotopic (exact) mass is 792 g/mol. The van der Waals surface area contributed by atoms with E-state index in [4.69, 9.17) is 19.9 Å². The molecule has 3 aromatic heterocycles. The number of aryl methyl sites for hydroxylation is 1. The molecule has 4 amide bonds. The maximum absolute atomic E-state index is 13.7. The molecular weight excluding hydrogens is 745 g/mol. The third-order valence-corrected chi connectivity index (χ3v) is 10.9. The van der Waals surface area contributed by atoms with Crippen LogP contribution in [0.5, 0.6) is 0 Å². The minimum Gasteiger partial charge on any atom is -0.453 e. The highest BCUT2D eigenvalue weighted by Gasteiger charge is 2.39. The van der Waals surface area contributed by atoms with E-state index in [-0.39, 0.29) is 30.3 Å². The number of amides is 4. The molecule has 5 N–H and O–H groups in total. The van der Waals surface area contributed by atoms with Crippen LogP contribution in [0.4, 0.5) is 9.59 Å². The van der Waals surface area contributed by atoms with Crippen LogP contribution in [-0.2, 0) is 37.3 Å². The van der Waals surface area contributed by atoms with Crippen LogP contribution in [0.15, 0.2) is 73.4 Å². The van der Waals surface area contributed by atoms with Gasteiger partial charge in [0.1, 0.15) is 17.7 Å². The maximum Gasteiger partial charge on any atom is 0.407 e. The molecule has 5 atom stereocenters. The predicted molar refractivity (Wildman–Crippen MR) is 212 cm³/mol. The molecule has 2 aliphatic rings. The minimum absolute atomic E-state index is 0.118. The first kappa shape index (κ1) is 39.7. The third-order valence-electron chi connectivity index (χ3n) is 10.9. The fourth-order valence-corrected chi connectivity index (χ4v) is 7.77. The van der Waals surface area contributed by atoms with Gasteiger partial charge in [-0.3, -0.25) is 9.59 Å². The number of carbonyl (C=O) groups is 4. The lowest BCUT2D eigenvalue weighted by atomic mass is 10.0. The Morgan fingerprint density at radius 1 is 0.810 bits per heavy atom. The molecule has 2 aromatic carbocycles. The number of imidazole rings is 3. The molecular formula is C41H48N10O7. The van der Waals surface area contributed by atoms with E-state index in [2.05, 4.69) is 42.4 Å². The zero-order valence-electron chi connectivity index (χ0n) is 32.9. The number of rotatable bonds is 13. The van der Waals surface area contributed by atoms with Crippen molar-refractivity contribution in [2.24, 2.45) is 12.8 Å². The van der Waals surface area contributed by atoms with Crippen LogP contribution in [-0.4, -0.2) is 109 Å². The summed E-state index contributed by atoms with van der Waals surface area (Å²) in [5.74, 6) is 0.748. The normalized spacial score (nSPS) is 18.1. The van der Waals surface area contributed by atoms with Crippen molar-refractivity contribution in [1.82, 2.24) is 44.6 Å². The zero-order valence-corrected chi connectivity index (χ0v) is 32.9. The highest BCUT2D eigenvalue weighted by molar-refractivity contribution is 5.87. The summed E-state index contributed by atoms with van der Waals surface area (Å²) >= 11 is 0. The Morgan fingerprint density at radius 3 is 1.79 bits per heavy atom. The van der Waals surface area contributed by atoms with E-state index in [9.17, 15) is 19.2 Å². The summed E-state index contributed by atoms with van der Waals surface area (Å²) < 4.78 is 17.2. The molecule has 0 spiro atoms. The molecule has 7 rings (SSSR count). The van der Waals surface area contributed by atoms with Crippen molar-refractivity contribution in [2.45, 2.75) is 69.4 Å². The quantitative estimate of drug-likeness (QED) is 0.129. The van der Waals surface area contributed by atoms with E-state index >= 15 is 0 Å². The first-order valence-corrected chi connectivity index (χ1v) is 19.2. The molecule has 0 radical (unpaired) electrons. The number of methoxy groups -OCH3 is 2. The Balaban J connectivity index is 0.998. The molecule has 0 aliphatic carbocycles. The fraction of sp³-hybridized carbons (Fsp3) is 0.390. The third kappa shape index (κ3) is 8.58. The zero-order chi connectivity index (χ0) is 40.9. The van der Waals surface area contributed by atoms with Crippen LogP contribution in [0.3, 0.4) is 0 Å². The smallest absolute Gasteiger partial charge is 0.407 e. The summed E-state index contributed by atoms with van der Waals surface area (Å²) in [6, 6.07) is 14.8. The number of carbonyl (C=O) groups excluding carboxylic acids is 4. The van der Waals surface area contributed by atoms with Crippen molar-refractivity contribution < 1.29 is 33.4 Å². The Hall–Kier alpha value is -6.49. The second-order valence-electron chi connectivity index (χ2n) is 14.6. The Kier molecular flexibility index (Phi) is 11.9. The minimum atomic E-state index is -1.09. The Labute approximate surface area is 335 Å². The van der Waals surface area contributed by atoms with E-state index in [0.717, 1.165) is 52.9 Å². The Morgan fingerprint density at radius 2 is 1.33 bits per heavy atom. The van der Waals surface area contributed by atoms with Crippen molar-refractivity contribution in [3.8, 4) is 33.6 Å². The van der Waals surface area contributed by atoms with Crippen LogP contribution in [0, 0.1) is 0 Å². The molecule has 5 heterocycles. The number of ether oxygens (including phenoxy) is 3. The van der Waals surface area contributed by atoms with Gasteiger partial charge in [-0.25, -0.2) is 24.5 Å². The van der Waals surface area contributed by atoms with Crippen LogP contribution >= 0.6 is 0 Å². The summed E-state index contributed by atoms with van der Waals surface area (Å²) in [4.78, 5) is 74.9. The summed E-state index contributed by atoms with van der Waals surface area (Å²) in [5, 5.41) is 2.62. The number of aromatic amines is 2. The van der Waals surface area contributed by atoms with Crippen LogP contribution < -0.4 is 11.1 Å². The van der Waals surface area contributed by atoms with Gasteiger partial charge >= 0.3 is 12.2 Å². The summed E-state index contributed by atoms with van der Waals surface area (Å²) in [6.45, 7) is 2.77. The average molecular weight is 793 g/mol. The van der Waals surface area contributed by atoms with Gasteiger partial charge in [0.25, 0.3) is 5.91 Å². The van der Waals surface area contributed by atoms with Crippen molar-refractivity contribution in [2.75, 3.05) is 27.3 Å². The standard InChI is InChI=1S/C41H48N10O7/c1-24(56-3)35(48-41(55)57-4)39(53)51-18-6-8-33(51)37-44-21-31(47-37)28-15-11-26(12-16-28)25-9-13-27(14-10-25)30-20-43-36(46-30)32-7-5-17-50(32)38(52)34(58-40(42)54)19-29-22-49(2)23-45-29/h9-16,20-24,32-35H,5-8,17-19H2,1-4H3,(H2,42,54)(H,43,46)(H,44,47)(H,48,55)/t24-,32+,33?,34+,35?/m1/s1. The van der Waals surface area contributed by atoms with Crippen molar-refractivity contribution >= 4 is 24.0 Å². The number of hydrogen-bond donors (Lipinski definition) is 4. The lowest BCUT2D eigenvalue weighted by molar-refractivity contribution is -0.141. The molecule has 2 saturated heterocycles. The summed E-state index contributed by atoms with van der Waals surface area (Å²) in [7, 11) is 4.57. The number of nitrogens with two attached hydrogens (primary N) is 1. The van der Waals surface area contributed by atoms with E-state index in [1.165, 1.54) is 14.2 Å². The first-order valence-electron chi connectivity index (χ1n) is 19.2. The molecule has 17 nitrogen and oxygen atoms in total. The van der Waals surface area contributed by atoms with Gasteiger partial charge in [-0.2, -0.15) is 0 Å². The number of alkyl carbamates (subject to hydrolysis) is 1. The maximum atomic E-state index is 13.7. The number of nitrogens with zero attached hydrogens (tertiary/aromatic N) is 6. The van der Waals surface area contributed by atoms with Crippen LogP contribution in [0.25, 0.3) is 33.6 Å². The number of H-pyrrole nitrogens is 2. The number of likely N-dealkylation sites (tertiary alicyclic amines) is 2.